The van der Waals surface area contributed by atoms with Crippen molar-refractivity contribution >= 4 is 11.8 Å². The lowest BCUT2D eigenvalue weighted by Gasteiger charge is -2.06. The second kappa shape index (κ2) is 11.9. The van der Waals surface area contributed by atoms with Gasteiger partial charge in [0.25, 0.3) is 0 Å². The van der Waals surface area contributed by atoms with Gasteiger partial charge in [-0.3, -0.25) is 9.59 Å². The number of carboxylic acid groups (broad SMARTS) is 1. The maximum Gasteiger partial charge on any atom is 0.303 e. The molecule has 23 heavy (non-hydrogen) atoms. The van der Waals surface area contributed by atoms with E-state index in [0.717, 1.165) is 31.3 Å². The zero-order valence-corrected chi connectivity index (χ0v) is 14.3. The molecule has 1 rings (SSSR count). The molecule has 0 bridgehead atoms. The Kier molecular flexibility index (Phi) is 10.0. The van der Waals surface area contributed by atoms with E-state index in [-0.39, 0.29) is 12.2 Å². The number of unbranched alkanes of at least 4 members (excludes halogenated alkanes) is 4. The van der Waals surface area contributed by atoms with Crippen LogP contribution in [-0.4, -0.2) is 16.9 Å². The smallest absolute Gasteiger partial charge is 0.303 e. The summed E-state index contributed by atoms with van der Waals surface area (Å²) < 4.78 is 0. The minimum absolute atomic E-state index is 0.222. The second-order valence-electron chi connectivity index (χ2n) is 6.20. The van der Waals surface area contributed by atoms with Crippen molar-refractivity contribution in [2.45, 2.75) is 71.1 Å². The summed E-state index contributed by atoms with van der Waals surface area (Å²) >= 11 is 0. The molecule has 3 heteroatoms. The lowest BCUT2D eigenvalue weighted by Crippen LogP contribution is -2.00. The molecule has 0 aliphatic heterocycles. The molecule has 3 nitrogen and oxygen atoms in total. The number of aliphatic carboxylic acids is 1. The number of Topliss-reactive ketones (excluding diaryl/α,β-unsaturated/α-hetero) is 1. The molecule has 0 aromatic carbocycles. The second-order valence-corrected chi connectivity index (χ2v) is 6.20. The third kappa shape index (κ3) is 8.53. The number of carboxylic acids is 1. The van der Waals surface area contributed by atoms with Gasteiger partial charge in [-0.25, -0.2) is 0 Å². The standard InChI is InChI=1S/C20H30O3/c1-2-3-4-5-6-10-13-18-17(15-16-19(18)21)12-9-7-8-11-14-20(22)23/h6-7,9-10,13,17H,2-5,8,11-12,14-16H2,1H3,(H,22,23)/b9-7+,10-6+,18-13+. The molecule has 0 amide bonds. The largest absolute Gasteiger partial charge is 0.481 e. The summed E-state index contributed by atoms with van der Waals surface area (Å²) in [4.78, 5) is 22.4. The van der Waals surface area contributed by atoms with Gasteiger partial charge in [0.2, 0.25) is 0 Å². The van der Waals surface area contributed by atoms with E-state index in [0.29, 0.717) is 18.8 Å². The molecule has 1 saturated carbocycles. The van der Waals surface area contributed by atoms with Crippen molar-refractivity contribution in [2.75, 3.05) is 0 Å². The topological polar surface area (TPSA) is 54.4 Å². The van der Waals surface area contributed by atoms with Crippen LogP contribution < -0.4 is 0 Å². The van der Waals surface area contributed by atoms with Gasteiger partial charge in [-0.1, -0.05) is 50.1 Å². The molecule has 1 aliphatic carbocycles. The first-order chi connectivity index (χ1) is 11.1. The first kappa shape index (κ1) is 19.4. The summed E-state index contributed by atoms with van der Waals surface area (Å²) in [6, 6.07) is 0. The highest BCUT2D eigenvalue weighted by Gasteiger charge is 2.26. The number of allylic oxidation sites excluding steroid dienone is 6. The van der Waals surface area contributed by atoms with Crippen LogP contribution in [0.1, 0.15) is 71.1 Å². The van der Waals surface area contributed by atoms with Gasteiger partial charge in [-0.05, 0) is 50.0 Å². The number of ketones is 1. The quantitative estimate of drug-likeness (QED) is 0.322. The maximum atomic E-state index is 12.0. The number of hydrogen-bond acceptors (Lipinski definition) is 2. The van der Waals surface area contributed by atoms with Crippen LogP contribution >= 0.6 is 0 Å². The minimum atomic E-state index is -0.740. The Hall–Kier alpha value is -1.64. The molecule has 1 aliphatic rings. The third-order valence-corrected chi connectivity index (χ3v) is 4.22. The van der Waals surface area contributed by atoms with Crippen LogP contribution in [0.5, 0.6) is 0 Å². The molecule has 0 spiro atoms. The molecule has 1 fully saturated rings. The molecule has 0 saturated heterocycles. The Morgan fingerprint density at radius 2 is 1.96 bits per heavy atom. The van der Waals surface area contributed by atoms with E-state index in [1.165, 1.54) is 19.3 Å². The van der Waals surface area contributed by atoms with Gasteiger partial charge < -0.3 is 5.11 Å². The van der Waals surface area contributed by atoms with Crippen LogP contribution in [0.25, 0.3) is 0 Å². The zero-order valence-electron chi connectivity index (χ0n) is 14.3. The maximum absolute atomic E-state index is 12.0. The van der Waals surface area contributed by atoms with Gasteiger partial charge in [0, 0.05) is 12.8 Å². The van der Waals surface area contributed by atoms with E-state index in [9.17, 15) is 9.59 Å². The van der Waals surface area contributed by atoms with Crippen LogP contribution in [0.4, 0.5) is 0 Å². The number of carbonyl (C=O) groups excluding carboxylic acids is 1. The highest BCUT2D eigenvalue weighted by molar-refractivity contribution is 5.98. The third-order valence-electron chi connectivity index (χ3n) is 4.22. The zero-order chi connectivity index (χ0) is 16.9. The molecule has 1 atom stereocenters. The molecule has 0 heterocycles. The summed E-state index contributed by atoms with van der Waals surface area (Å²) in [5.41, 5.74) is 0.965. The van der Waals surface area contributed by atoms with E-state index < -0.39 is 5.97 Å². The van der Waals surface area contributed by atoms with E-state index in [1.54, 1.807) is 0 Å². The summed E-state index contributed by atoms with van der Waals surface area (Å²) in [7, 11) is 0. The first-order valence-electron chi connectivity index (χ1n) is 8.91. The van der Waals surface area contributed by atoms with Crippen molar-refractivity contribution < 1.29 is 14.7 Å². The normalized spacial score (nSPS) is 20.3. The van der Waals surface area contributed by atoms with Crippen LogP contribution in [-0.2, 0) is 9.59 Å². The molecular weight excluding hydrogens is 288 g/mol. The Labute approximate surface area is 140 Å². The van der Waals surface area contributed by atoms with Gasteiger partial charge in [0.15, 0.2) is 5.78 Å². The predicted octanol–water partition coefficient (Wildman–Crippen LogP) is 5.23. The van der Waals surface area contributed by atoms with Crippen molar-refractivity contribution in [3.63, 3.8) is 0 Å². The highest BCUT2D eigenvalue weighted by Crippen LogP contribution is 2.31. The van der Waals surface area contributed by atoms with Gasteiger partial charge in [0.05, 0.1) is 0 Å². The Morgan fingerprint density at radius 3 is 2.70 bits per heavy atom. The molecule has 0 aromatic heterocycles. The predicted molar refractivity (Wildman–Crippen MR) is 94.3 cm³/mol. The molecule has 1 unspecified atom stereocenters. The van der Waals surface area contributed by atoms with Gasteiger partial charge in [-0.15, -0.1) is 0 Å². The van der Waals surface area contributed by atoms with Crippen molar-refractivity contribution in [1.82, 2.24) is 0 Å². The van der Waals surface area contributed by atoms with Crippen LogP contribution in [0.15, 0.2) is 36.0 Å². The first-order valence-corrected chi connectivity index (χ1v) is 8.91. The highest BCUT2D eigenvalue weighted by atomic mass is 16.4. The van der Waals surface area contributed by atoms with E-state index in [1.807, 2.05) is 18.2 Å². The molecule has 1 N–H and O–H groups in total. The average molecular weight is 318 g/mol. The molecular formula is C20H30O3. The van der Waals surface area contributed by atoms with E-state index >= 15 is 0 Å². The summed E-state index contributed by atoms with van der Waals surface area (Å²) in [6.45, 7) is 2.20. The van der Waals surface area contributed by atoms with Crippen molar-refractivity contribution in [1.29, 1.82) is 0 Å². The molecule has 0 aromatic rings. The van der Waals surface area contributed by atoms with Gasteiger partial charge in [-0.2, -0.15) is 0 Å². The van der Waals surface area contributed by atoms with Crippen LogP contribution in [0, 0.1) is 5.92 Å². The summed E-state index contributed by atoms with van der Waals surface area (Å²) in [5, 5.41) is 8.58. The Morgan fingerprint density at radius 1 is 1.17 bits per heavy atom. The van der Waals surface area contributed by atoms with Crippen molar-refractivity contribution in [3.05, 3.63) is 36.0 Å². The lowest BCUT2D eigenvalue weighted by atomic mass is 9.97. The van der Waals surface area contributed by atoms with Crippen molar-refractivity contribution in [3.8, 4) is 0 Å². The monoisotopic (exact) mass is 318 g/mol. The average Bonchev–Trinajstić information content (AvgIpc) is 2.86. The van der Waals surface area contributed by atoms with Crippen molar-refractivity contribution in [2.24, 2.45) is 5.92 Å². The lowest BCUT2D eigenvalue weighted by molar-refractivity contribution is -0.137. The fraction of sp³-hybridized carbons (Fsp3) is 0.600. The summed E-state index contributed by atoms with van der Waals surface area (Å²) in [5.74, 6) is -0.123. The van der Waals surface area contributed by atoms with Crippen LogP contribution in [0.3, 0.4) is 0 Å². The number of rotatable bonds is 11. The van der Waals surface area contributed by atoms with E-state index in [2.05, 4.69) is 19.1 Å². The van der Waals surface area contributed by atoms with Crippen LogP contribution in [0.2, 0.25) is 0 Å². The Balaban J connectivity index is 2.37. The Bertz CT molecular complexity index is 458. The molecule has 0 radical (unpaired) electrons. The minimum Gasteiger partial charge on any atom is -0.481 e. The fourth-order valence-electron chi connectivity index (χ4n) is 2.84. The molecule has 128 valence electrons. The van der Waals surface area contributed by atoms with Gasteiger partial charge >= 0.3 is 5.97 Å². The SMILES string of the molecule is CCCCC/C=C/C=C1/C(=O)CCC1C/C=C/CCCC(=O)O. The fourth-order valence-corrected chi connectivity index (χ4v) is 2.84. The van der Waals surface area contributed by atoms with E-state index in [4.69, 9.17) is 5.11 Å². The number of carbonyl (C=O) groups is 2. The number of hydrogen-bond donors (Lipinski definition) is 1. The summed E-state index contributed by atoms with van der Waals surface area (Å²) in [6.07, 6.45) is 19.3. The van der Waals surface area contributed by atoms with Gasteiger partial charge in [0.1, 0.15) is 0 Å².